The lowest BCUT2D eigenvalue weighted by Crippen LogP contribution is -2.28. The molecule has 2 aliphatic rings. The summed E-state index contributed by atoms with van der Waals surface area (Å²) in [5, 5.41) is 3.73. The lowest BCUT2D eigenvalue weighted by Gasteiger charge is -2.28. The first kappa shape index (κ1) is 15.1. The number of rotatable bonds is 5. The lowest BCUT2D eigenvalue weighted by atomic mass is 9.81. The van der Waals surface area contributed by atoms with Crippen molar-refractivity contribution in [3.63, 3.8) is 0 Å². The Bertz CT molecular complexity index is 294. The summed E-state index contributed by atoms with van der Waals surface area (Å²) in [5.74, 6) is 3.65. The molecular formula is C18H33N. The van der Waals surface area contributed by atoms with Crippen LogP contribution in [0, 0.1) is 23.7 Å². The van der Waals surface area contributed by atoms with Crippen molar-refractivity contribution in [1.29, 1.82) is 0 Å². The molecule has 1 heteroatoms. The second kappa shape index (κ2) is 7.47. The third-order valence-electron chi connectivity index (χ3n) is 5.09. The summed E-state index contributed by atoms with van der Waals surface area (Å²) in [6.07, 6.45) is 12.5. The fourth-order valence-electron chi connectivity index (χ4n) is 4.28. The van der Waals surface area contributed by atoms with Gasteiger partial charge in [-0.15, -0.1) is 0 Å². The zero-order valence-corrected chi connectivity index (χ0v) is 13.3. The van der Waals surface area contributed by atoms with Gasteiger partial charge >= 0.3 is 0 Å². The second-order valence-corrected chi connectivity index (χ2v) is 7.43. The highest BCUT2D eigenvalue weighted by atomic mass is 14.9. The van der Waals surface area contributed by atoms with Crippen LogP contribution in [0.3, 0.4) is 0 Å². The largest absolute Gasteiger partial charge is 0.316 e. The molecule has 0 heterocycles. The molecule has 1 saturated carbocycles. The van der Waals surface area contributed by atoms with E-state index < -0.39 is 0 Å². The van der Waals surface area contributed by atoms with Gasteiger partial charge in [0.25, 0.3) is 0 Å². The van der Waals surface area contributed by atoms with Crippen molar-refractivity contribution in [3.8, 4) is 0 Å². The third kappa shape index (κ3) is 5.30. The summed E-state index contributed by atoms with van der Waals surface area (Å²) >= 11 is 0. The molecule has 2 rings (SSSR count). The minimum absolute atomic E-state index is 0.791. The van der Waals surface area contributed by atoms with Crippen LogP contribution in [0.25, 0.3) is 0 Å². The van der Waals surface area contributed by atoms with Crippen LogP contribution in [0.1, 0.15) is 65.7 Å². The molecule has 0 bridgehead atoms. The standard InChI is InChI=1S/C18H33N/c1-14-5-4-6-17(10-14)7-8-19-13-18-11-15(2)9-16(3)12-18/h9,14-15,17-19H,4-8,10-13H2,1-3H3. The topological polar surface area (TPSA) is 12.0 Å². The first-order valence-corrected chi connectivity index (χ1v) is 8.51. The van der Waals surface area contributed by atoms with Crippen molar-refractivity contribution >= 4 is 0 Å². The van der Waals surface area contributed by atoms with Crippen LogP contribution in [0.15, 0.2) is 11.6 Å². The van der Waals surface area contributed by atoms with E-state index in [0.29, 0.717) is 0 Å². The smallest absolute Gasteiger partial charge is 0.00172 e. The van der Waals surface area contributed by atoms with E-state index in [1.54, 1.807) is 5.57 Å². The van der Waals surface area contributed by atoms with Crippen molar-refractivity contribution < 1.29 is 0 Å². The zero-order chi connectivity index (χ0) is 13.7. The fourth-order valence-corrected chi connectivity index (χ4v) is 4.28. The van der Waals surface area contributed by atoms with Crippen LogP contribution in [-0.4, -0.2) is 13.1 Å². The second-order valence-electron chi connectivity index (χ2n) is 7.43. The van der Waals surface area contributed by atoms with Gasteiger partial charge in [0, 0.05) is 0 Å². The molecule has 0 aromatic rings. The van der Waals surface area contributed by atoms with E-state index in [2.05, 4.69) is 32.2 Å². The molecule has 19 heavy (non-hydrogen) atoms. The van der Waals surface area contributed by atoms with Gasteiger partial charge < -0.3 is 5.32 Å². The van der Waals surface area contributed by atoms with Crippen molar-refractivity contribution in [2.24, 2.45) is 23.7 Å². The number of nitrogens with one attached hydrogen (secondary N) is 1. The van der Waals surface area contributed by atoms with Crippen molar-refractivity contribution in [2.45, 2.75) is 65.7 Å². The van der Waals surface area contributed by atoms with Crippen LogP contribution in [0.2, 0.25) is 0 Å². The van der Waals surface area contributed by atoms with Crippen LogP contribution in [-0.2, 0) is 0 Å². The molecule has 4 unspecified atom stereocenters. The van der Waals surface area contributed by atoms with Gasteiger partial charge in [0.15, 0.2) is 0 Å². The summed E-state index contributed by atoms with van der Waals surface area (Å²) in [5.41, 5.74) is 1.60. The SMILES string of the molecule is CC1=CC(C)CC(CNCCC2CCCC(C)C2)C1. The van der Waals surface area contributed by atoms with Gasteiger partial charge in [0.05, 0.1) is 0 Å². The maximum absolute atomic E-state index is 3.73. The Morgan fingerprint density at radius 1 is 1.16 bits per heavy atom. The van der Waals surface area contributed by atoms with E-state index in [1.165, 1.54) is 58.0 Å². The molecule has 1 N–H and O–H groups in total. The first-order chi connectivity index (χ1) is 9.13. The van der Waals surface area contributed by atoms with E-state index >= 15 is 0 Å². The molecule has 0 radical (unpaired) electrons. The highest BCUT2D eigenvalue weighted by molar-refractivity contribution is 5.06. The minimum atomic E-state index is 0.791. The average molecular weight is 263 g/mol. The third-order valence-corrected chi connectivity index (χ3v) is 5.09. The van der Waals surface area contributed by atoms with Gasteiger partial charge in [-0.3, -0.25) is 0 Å². The molecule has 2 aliphatic carbocycles. The summed E-state index contributed by atoms with van der Waals surface area (Å²) in [7, 11) is 0. The summed E-state index contributed by atoms with van der Waals surface area (Å²) < 4.78 is 0. The molecular weight excluding hydrogens is 230 g/mol. The Morgan fingerprint density at radius 2 is 2.00 bits per heavy atom. The van der Waals surface area contributed by atoms with E-state index in [-0.39, 0.29) is 0 Å². The van der Waals surface area contributed by atoms with Gasteiger partial charge in [-0.25, -0.2) is 0 Å². The average Bonchev–Trinajstić information content (AvgIpc) is 2.34. The van der Waals surface area contributed by atoms with E-state index in [0.717, 1.165) is 23.7 Å². The number of hydrogen-bond donors (Lipinski definition) is 1. The van der Waals surface area contributed by atoms with E-state index in [1.807, 2.05) is 0 Å². The van der Waals surface area contributed by atoms with Crippen molar-refractivity contribution in [1.82, 2.24) is 5.32 Å². The molecule has 110 valence electrons. The quantitative estimate of drug-likeness (QED) is 0.556. The number of allylic oxidation sites excluding steroid dienone is 2. The maximum Gasteiger partial charge on any atom is -0.00172 e. The highest BCUT2D eigenvalue weighted by Gasteiger charge is 2.19. The normalized spacial score (nSPS) is 36.1. The zero-order valence-electron chi connectivity index (χ0n) is 13.3. The molecule has 4 atom stereocenters. The van der Waals surface area contributed by atoms with Crippen LogP contribution in [0.4, 0.5) is 0 Å². The van der Waals surface area contributed by atoms with Crippen molar-refractivity contribution in [2.75, 3.05) is 13.1 Å². The molecule has 0 aliphatic heterocycles. The predicted octanol–water partition coefficient (Wildman–Crippen LogP) is 4.78. The molecule has 0 spiro atoms. The van der Waals surface area contributed by atoms with Gasteiger partial charge in [-0.1, -0.05) is 44.8 Å². The van der Waals surface area contributed by atoms with Gasteiger partial charge in [-0.05, 0) is 69.4 Å². The summed E-state index contributed by atoms with van der Waals surface area (Å²) in [6.45, 7) is 9.56. The minimum Gasteiger partial charge on any atom is -0.316 e. The van der Waals surface area contributed by atoms with Crippen LogP contribution >= 0.6 is 0 Å². The van der Waals surface area contributed by atoms with Crippen LogP contribution in [0.5, 0.6) is 0 Å². The van der Waals surface area contributed by atoms with Gasteiger partial charge in [-0.2, -0.15) is 0 Å². The fraction of sp³-hybridized carbons (Fsp3) is 0.889. The Morgan fingerprint density at radius 3 is 2.74 bits per heavy atom. The first-order valence-electron chi connectivity index (χ1n) is 8.51. The summed E-state index contributed by atoms with van der Waals surface area (Å²) in [4.78, 5) is 0. The maximum atomic E-state index is 3.73. The molecule has 1 fully saturated rings. The Balaban J connectivity index is 1.58. The lowest BCUT2D eigenvalue weighted by molar-refractivity contribution is 0.264. The monoisotopic (exact) mass is 263 g/mol. The molecule has 0 saturated heterocycles. The Labute approximate surface area is 120 Å². The highest BCUT2D eigenvalue weighted by Crippen LogP contribution is 2.30. The van der Waals surface area contributed by atoms with E-state index in [9.17, 15) is 0 Å². The number of hydrogen-bond acceptors (Lipinski definition) is 1. The summed E-state index contributed by atoms with van der Waals surface area (Å²) in [6, 6.07) is 0. The van der Waals surface area contributed by atoms with Crippen LogP contribution < -0.4 is 5.32 Å². The predicted molar refractivity (Wildman–Crippen MR) is 84.3 cm³/mol. The van der Waals surface area contributed by atoms with E-state index in [4.69, 9.17) is 0 Å². The molecule has 0 amide bonds. The van der Waals surface area contributed by atoms with Crippen molar-refractivity contribution in [3.05, 3.63) is 11.6 Å². The Kier molecular flexibility index (Phi) is 5.94. The van der Waals surface area contributed by atoms with Gasteiger partial charge in [0.1, 0.15) is 0 Å². The molecule has 0 aromatic heterocycles. The molecule has 0 aromatic carbocycles. The Hall–Kier alpha value is -0.300. The molecule has 1 nitrogen and oxygen atoms in total. The van der Waals surface area contributed by atoms with Gasteiger partial charge in [0.2, 0.25) is 0 Å².